The van der Waals surface area contributed by atoms with E-state index in [1.807, 2.05) is 61.5 Å². The Kier molecular flexibility index (Phi) is 5.38. The average Bonchev–Trinajstić information content (AvgIpc) is 2.47. The van der Waals surface area contributed by atoms with Crippen molar-refractivity contribution in [2.24, 2.45) is 0 Å². The summed E-state index contributed by atoms with van der Waals surface area (Å²) in [5.41, 5.74) is 3.08. The van der Waals surface area contributed by atoms with Crippen molar-refractivity contribution < 1.29 is 4.79 Å². The first kappa shape index (κ1) is 15.1. The maximum absolute atomic E-state index is 12.2. The van der Waals surface area contributed by atoms with E-state index >= 15 is 0 Å². The molecule has 0 aliphatic rings. The van der Waals surface area contributed by atoms with E-state index < -0.39 is 0 Å². The van der Waals surface area contributed by atoms with Crippen LogP contribution in [0, 0.1) is 6.92 Å². The number of urea groups is 1. The molecule has 2 aromatic rings. The summed E-state index contributed by atoms with van der Waals surface area (Å²) in [6, 6.07) is 17.7. The second-order valence-corrected chi connectivity index (χ2v) is 5.22. The third kappa shape index (κ3) is 4.63. The molecule has 3 heteroatoms. The highest BCUT2D eigenvalue weighted by atomic mass is 16.2. The standard InChI is InChI=1S/C18H22N2O/c1-3-8-17(15-10-5-4-6-11-15)20-18(21)19-16-12-7-9-14(2)13-16/h4-7,9-13,17H,3,8H2,1-2H3,(H2,19,20,21)/t17-/m1/s1. The summed E-state index contributed by atoms with van der Waals surface area (Å²) >= 11 is 0. The SMILES string of the molecule is CCC[C@@H](NC(=O)Nc1cccc(C)c1)c1ccccc1. The van der Waals surface area contributed by atoms with Crippen molar-refractivity contribution in [2.75, 3.05) is 5.32 Å². The molecule has 0 bridgehead atoms. The van der Waals surface area contributed by atoms with E-state index in [0.717, 1.165) is 29.7 Å². The van der Waals surface area contributed by atoms with Crippen LogP contribution < -0.4 is 10.6 Å². The van der Waals surface area contributed by atoms with Crippen molar-refractivity contribution in [3.05, 3.63) is 65.7 Å². The van der Waals surface area contributed by atoms with Crippen molar-refractivity contribution in [1.29, 1.82) is 0 Å². The van der Waals surface area contributed by atoms with Crippen LogP contribution in [-0.4, -0.2) is 6.03 Å². The fourth-order valence-corrected chi connectivity index (χ4v) is 2.34. The number of carbonyl (C=O) groups is 1. The van der Waals surface area contributed by atoms with Gasteiger partial charge in [-0.2, -0.15) is 0 Å². The lowest BCUT2D eigenvalue weighted by molar-refractivity contribution is 0.248. The Morgan fingerprint density at radius 3 is 2.52 bits per heavy atom. The predicted molar refractivity (Wildman–Crippen MR) is 87.4 cm³/mol. The molecule has 0 saturated carbocycles. The smallest absolute Gasteiger partial charge is 0.319 e. The van der Waals surface area contributed by atoms with Crippen LogP contribution in [0.3, 0.4) is 0 Å². The van der Waals surface area contributed by atoms with Gasteiger partial charge in [0.1, 0.15) is 0 Å². The third-order valence-corrected chi connectivity index (χ3v) is 3.36. The summed E-state index contributed by atoms with van der Waals surface area (Å²) in [6.07, 6.45) is 1.94. The lowest BCUT2D eigenvalue weighted by Crippen LogP contribution is -2.32. The molecule has 2 rings (SSSR count). The number of carbonyl (C=O) groups excluding carboxylic acids is 1. The first-order chi connectivity index (χ1) is 10.2. The zero-order valence-electron chi connectivity index (χ0n) is 12.6. The van der Waals surface area contributed by atoms with Crippen LogP contribution in [0.1, 0.15) is 36.9 Å². The Labute approximate surface area is 126 Å². The summed E-state index contributed by atoms with van der Waals surface area (Å²) in [6.45, 7) is 4.13. The van der Waals surface area contributed by atoms with Crippen molar-refractivity contribution in [3.63, 3.8) is 0 Å². The van der Waals surface area contributed by atoms with E-state index in [-0.39, 0.29) is 12.1 Å². The van der Waals surface area contributed by atoms with Crippen LogP contribution in [0.5, 0.6) is 0 Å². The maximum Gasteiger partial charge on any atom is 0.319 e. The predicted octanol–water partition coefficient (Wildman–Crippen LogP) is 4.66. The molecule has 0 heterocycles. The van der Waals surface area contributed by atoms with Crippen molar-refractivity contribution in [1.82, 2.24) is 5.32 Å². The second kappa shape index (κ2) is 7.48. The molecule has 0 radical (unpaired) electrons. The minimum Gasteiger partial charge on any atom is -0.331 e. The molecule has 1 atom stereocenters. The second-order valence-electron chi connectivity index (χ2n) is 5.22. The molecular formula is C18H22N2O. The van der Waals surface area contributed by atoms with Crippen molar-refractivity contribution >= 4 is 11.7 Å². The monoisotopic (exact) mass is 282 g/mol. The Morgan fingerprint density at radius 2 is 1.86 bits per heavy atom. The normalized spacial score (nSPS) is 11.7. The van der Waals surface area contributed by atoms with E-state index in [2.05, 4.69) is 17.6 Å². The molecule has 2 amide bonds. The largest absolute Gasteiger partial charge is 0.331 e. The molecule has 2 aromatic carbocycles. The molecule has 110 valence electrons. The Hall–Kier alpha value is -2.29. The Balaban J connectivity index is 2.02. The summed E-state index contributed by atoms with van der Waals surface area (Å²) < 4.78 is 0. The minimum absolute atomic E-state index is 0.0426. The van der Waals surface area contributed by atoms with Crippen LogP contribution in [0.25, 0.3) is 0 Å². The van der Waals surface area contributed by atoms with Crippen LogP contribution in [-0.2, 0) is 0 Å². The van der Waals surface area contributed by atoms with E-state index in [0.29, 0.717) is 0 Å². The van der Waals surface area contributed by atoms with Crippen LogP contribution in [0.4, 0.5) is 10.5 Å². The number of rotatable bonds is 5. The summed E-state index contributed by atoms with van der Waals surface area (Å²) in [5, 5.41) is 5.94. The molecule has 0 unspecified atom stereocenters. The van der Waals surface area contributed by atoms with Gasteiger partial charge in [-0.3, -0.25) is 0 Å². The van der Waals surface area contributed by atoms with Crippen LogP contribution >= 0.6 is 0 Å². The minimum atomic E-state index is -0.164. The third-order valence-electron chi connectivity index (χ3n) is 3.36. The summed E-state index contributed by atoms with van der Waals surface area (Å²) in [4.78, 5) is 12.2. The number of anilines is 1. The first-order valence-corrected chi connectivity index (χ1v) is 7.38. The topological polar surface area (TPSA) is 41.1 Å². The zero-order valence-corrected chi connectivity index (χ0v) is 12.6. The average molecular weight is 282 g/mol. The molecule has 3 nitrogen and oxygen atoms in total. The van der Waals surface area contributed by atoms with Gasteiger partial charge in [0.2, 0.25) is 0 Å². The molecule has 0 spiro atoms. The van der Waals surface area contributed by atoms with Gasteiger partial charge in [0.05, 0.1) is 6.04 Å². The van der Waals surface area contributed by atoms with Gasteiger partial charge in [0.15, 0.2) is 0 Å². The van der Waals surface area contributed by atoms with E-state index in [9.17, 15) is 4.79 Å². The highest BCUT2D eigenvalue weighted by Crippen LogP contribution is 2.18. The van der Waals surface area contributed by atoms with Crippen LogP contribution in [0.15, 0.2) is 54.6 Å². The van der Waals surface area contributed by atoms with Gasteiger partial charge < -0.3 is 10.6 Å². The van der Waals surface area contributed by atoms with Crippen LogP contribution in [0.2, 0.25) is 0 Å². The summed E-state index contributed by atoms with van der Waals surface area (Å²) in [7, 11) is 0. The maximum atomic E-state index is 12.2. The number of nitrogens with one attached hydrogen (secondary N) is 2. The number of hydrogen-bond acceptors (Lipinski definition) is 1. The van der Waals surface area contributed by atoms with E-state index in [1.54, 1.807) is 0 Å². The van der Waals surface area contributed by atoms with E-state index in [4.69, 9.17) is 0 Å². The van der Waals surface area contributed by atoms with Gasteiger partial charge in [0, 0.05) is 5.69 Å². The molecule has 2 N–H and O–H groups in total. The van der Waals surface area contributed by atoms with Gasteiger partial charge in [-0.1, -0.05) is 55.8 Å². The van der Waals surface area contributed by atoms with Crippen molar-refractivity contribution in [2.45, 2.75) is 32.7 Å². The molecule has 0 aliphatic heterocycles. The molecule has 0 aromatic heterocycles. The lowest BCUT2D eigenvalue weighted by Gasteiger charge is -2.19. The number of amides is 2. The molecule has 0 aliphatic carbocycles. The Bertz CT molecular complexity index is 581. The highest BCUT2D eigenvalue weighted by Gasteiger charge is 2.13. The zero-order chi connectivity index (χ0) is 15.1. The first-order valence-electron chi connectivity index (χ1n) is 7.38. The van der Waals surface area contributed by atoms with Gasteiger partial charge in [-0.15, -0.1) is 0 Å². The van der Waals surface area contributed by atoms with Gasteiger partial charge in [-0.05, 0) is 36.6 Å². The van der Waals surface area contributed by atoms with Gasteiger partial charge >= 0.3 is 6.03 Å². The quantitative estimate of drug-likeness (QED) is 0.823. The fourth-order valence-electron chi connectivity index (χ4n) is 2.34. The summed E-state index contributed by atoms with van der Waals surface area (Å²) in [5.74, 6) is 0. The Morgan fingerprint density at radius 1 is 1.10 bits per heavy atom. The number of benzene rings is 2. The molecule has 0 saturated heterocycles. The molecular weight excluding hydrogens is 260 g/mol. The lowest BCUT2D eigenvalue weighted by atomic mass is 10.0. The number of aryl methyl sites for hydroxylation is 1. The number of hydrogen-bond donors (Lipinski definition) is 2. The fraction of sp³-hybridized carbons (Fsp3) is 0.278. The van der Waals surface area contributed by atoms with Gasteiger partial charge in [0.25, 0.3) is 0 Å². The highest BCUT2D eigenvalue weighted by molar-refractivity contribution is 5.89. The van der Waals surface area contributed by atoms with Gasteiger partial charge in [-0.25, -0.2) is 4.79 Å². The van der Waals surface area contributed by atoms with Crippen molar-refractivity contribution in [3.8, 4) is 0 Å². The van der Waals surface area contributed by atoms with E-state index in [1.165, 1.54) is 0 Å². The molecule has 21 heavy (non-hydrogen) atoms. The molecule has 0 fully saturated rings.